The lowest BCUT2D eigenvalue weighted by atomic mass is 9.96. The third-order valence-electron chi connectivity index (χ3n) is 3.91. The van der Waals surface area contributed by atoms with E-state index < -0.39 is 11.7 Å². The van der Waals surface area contributed by atoms with Crippen molar-refractivity contribution in [1.82, 2.24) is 0 Å². The molecule has 6 heteroatoms. The van der Waals surface area contributed by atoms with E-state index in [4.69, 9.17) is 4.74 Å². The Bertz CT molecular complexity index is 765. The van der Waals surface area contributed by atoms with E-state index in [0.717, 1.165) is 23.3 Å². The molecule has 1 N–H and O–H groups in total. The van der Waals surface area contributed by atoms with Crippen molar-refractivity contribution in [3.05, 3.63) is 58.7 Å². The van der Waals surface area contributed by atoms with Gasteiger partial charge in [-0.05, 0) is 60.4 Å². The number of halogens is 3. The van der Waals surface area contributed by atoms with E-state index in [1.54, 1.807) is 26.2 Å². The molecule has 0 heterocycles. The van der Waals surface area contributed by atoms with Gasteiger partial charge in [0.15, 0.2) is 0 Å². The van der Waals surface area contributed by atoms with E-state index in [9.17, 15) is 18.0 Å². The molecule has 0 aromatic heterocycles. The van der Waals surface area contributed by atoms with Gasteiger partial charge in [0, 0.05) is 11.3 Å². The maximum atomic E-state index is 12.6. The predicted octanol–water partition coefficient (Wildman–Crippen LogP) is 5.40. The highest BCUT2D eigenvalue weighted by molar-refractivity contribution is 6.05. The second kappa shape index (κ2) is 7.17. The van der Waals surface area contributed by atoms with Crippen LogP contribution in [0, 0.1) is 6.92 Å². The van der Waals surface area contributed by atoms with Crippen molar-refractivity contribution in [1.29, 1.82) is 0 Å². The van der Waals surface area contributed by atoms with E-state index in [0.29, 0.717) is 17.0 Å². The standard InChI is InChI=1S/C19H20F3NO2/c1-11(2)15-10-16(12(3)9-17(15)25-4)18(24)23-14-7-5-13(6-8-14)19(20,21)22/h5-11H,1-4H3,(H,23,24). The predicted molar refractivity (Wildman–Crippen MR) is 91.2 cm³/mol. The minimum atomic E-state index is -4.40. The fraction of sp³-hybridized carbons (Fsp3) is 0.316. The van der Waals surface area contributed by atoms with Gasteiger partial charge in [-0.3, -0.25) is 4.79 Å². The van der Waals surface area contributed by atoms with E-state index in [2.05, 4.69) is 5.32 Å². The van der Waals surface area contributed by atoms with Crippen LogP contribution < -0.4 is 10.1 Å². The first kappa shape index (κ1) is 18.8. The summed E-state index contributed by atoms with van der Waals surface area (Å²) in [6, 6.07) is 7.91. The van der Waals surface area contributed by atoms with E-state index in [-0.39, 0.29) is 11.8 Å². The lowest BCUT2D eigenvalue weighted by molar-refractivity contribution is -0.137. The molecule has 0 unspecified atom stereocenters. The summed E-state index contributed by atoms with van der Waals surface area (Å²) in [5.74, 6) is 0.494. The number of hydrogen-bond acceptors (Lipinski definition) is 2. The molecule has 134 valence electrons. The van der Waals surface area contributed by atoms with Gasteiger partial charge in [0.05, 0.1) is 12.7 Å². The van der Waals surface area contributed by atoms with Gasteiger partial charge in [-0.15, -0.1) is 0 Å². The molecule has 0 atom stereocenters. The second-order valence-corrected chi connectivity index (χ2v) is 6.09. The number of amides is 1. The second-order valence-electron chi connectivity index (χ2n) is 6.09. The number of hydrogen-bond donors (Lipinski definition) is 1. The average Bonchev–Trinajstić information content (AvgIpc) is 2.53. The van der Waals surface area contributed by atoms with E-state index >= 15 is 0 Å². The summed E-state index contributed by atoms with van der Waals surface area (Å²) in [5, 5.41) is 2.63. The summed E-state index contributed by atoms with van der Waals surface area (Å²) in [6.07, 6.45) is -4.40. The normalized spacial score (nSPS) is 11.5. The molecule has 1 amide bonds. The van der Waals surface area contributed by atoms with Crippen molar-refractivity contribution in [2.75, 3.05) is 12.4 Å². The van der Waals surface area contributed by atoms with Gasteiger partial charge < -0.3 is 10.1 Å². The highest BCUT2D eigenvalue weighted by Gasteiger charge is 2.30. The van der Waals surface area contributed by atoms with Crippen LogP contribution in [-0.4, -0.2) is 13.0 Å². The molecule has 0 aliphatic rings. The number of benzene rings is 2. The zero-order valence-electron chi connectivity index (χ0n) is 14.5. The minimum Gasteiger partial charge on any atom is -0.496 e. The van der Waals surface area contributed by atoms with Gasteiger partial charge in [0.2, 0.25) is 0 Å². The van der Waals surface area contributed by atoms with E-state index in [1.807, 2.05) is 13.8 Å². The SMILES string of the molecule is COc1cc(C)c(C(=O)Nc2ccc(C(F)(F)F)cc2)cc1C(C)C. The number of alkyl halides is 3. The molecule has 0 aliphatic heterocycles. The summed E-state index contributed by atoms with van der Waals surface area (Å²) >= 11 is 0. The van der Waals surface area contributed by atoms with Crippen LogP contribution in [0.15, 0.2) is 36.4 Å². The van der Waals surface area contributed by atoms with Gasteiger partial charge in [0.25, 0.3) is 5.91 Å². The molecule has 0 spiro atoms. The summed E-state index contributed by atoms with van der Waals surface area (Å²) in [6.45, 7) is 5.77. The Kier molecular flexibility index (Phi) is 5.40. The average molecular weight is 351 g/mol. The Labute approximate surface area is 144 Å². The van der Waals surface area contributed by atoms with Crippen molar-refractivity contribution in [2.45, 2.75) is 32.9 Å². The van der Waals surface area contributed by atoms with E-state index in [1.165, 1.54) is 12.1 Å². The highest BCUT2D eigenvalue weighted by atomic mass is 19.4. The number of carbonyl (C=O) groups is 1. The third kappa shape index (κ3) is 4.32. The van der Waals surface area contributed by atoms with Crippen molar-refractivity contribution >= 4 is 11.6 Å². The lowest BCUT2D eigenvalue weighted by Crippen LogP contribution is -2.15. The zero-order chi connectivity index (χ0) is 18.8. The summed E-state index contributed by atoms with van der Waals surface area (Å²) in [4.78, 5) is 12.5. The fourth-order valence-corrected chi connectivity index (χ4v) is 2.51. The molecule has 2 rings (SSSR count). The smallest absolute Gasteiger partial charge is 0.416 e. The van der Waals surface area contributed by atoms with Gasteiger partial charge in [0.1, 0.15) is 5.75 Å². The highest BCUT2D eigenvalue weighted by Crippen LogP contribution is 2.31. The molecular formula is C19H20F3NO2. The van der Waals surface area contributed by atoms with Crippen LogP contribution >= 0.6 is 0 Å². The number of aryl methyl sites for hydroxylation is 1. The summed E-state index contributed by atoms with van der Waals surface area (Å²) in [7, 11) is 1.57. The zero-order valence-corrected chi connectivity index (χ0v) is 14.5. The first-order valence-corrected chi connectivity index (χ1v) is 7.80. The summed E-state index contributed by atoms with van der Waals surface area (Å²) in [5.41, 5.74) is 1.63. The molecule has 0 saturated heterocycles. The van der Waals surface area contributed by atoms with Crippen LogP contribution in [0.4, 0.5) is 18.9 Å². The fourth-order valence-electron chi connectivity index (χ4n) is 2.51. The molecular weight excluding hydrogens is 331 g/mol. The van der Waals surface area contributed by atoms with Crippen LogP contribution in [0.3, 0.4) is 0 Å². The molecule has 0 radical (unpaired) electrons. The van der Waals surface area contributed by atoms with Gasteiger partial charge in [-0.2, -0.15) is 13.2 Å². The topological polar surface area (TPSA) is 38.3 Å². The Morgan fingerprint density at radius 3 is 2.20 bits per heavy atom. The molecule has 0 saturated carbocycles. The number of ether oxygens (including phenoxy) is 1. The molecule has 3 nitrogen and oxygen atoms in total. The molecule has 2 aromatic rings. The number of rotatable bonds is 4. The first-order valence-electron chi connectivity index (χ1n) is 7.80. The maximum absolute atomic E-state index is 12.6. The van der Waals surface area contributed by atoms with Crippen molar-refractivity contribution in [3.63, 3.8) is 0 Å². The maximum Gasteiger partial charge on any atom is 0.416 e. The monoisotopic (exact) mass is 351 g/mol. The Morgan fingerprint density at radius 2 is 1.72 bits per heavy atom. The number of nitrogens with one attached hydrogen (secondary N) is 1. The largest absolute Gasteiger partial charge is 0.496 e. The number of carbonyl (C=O) groups excluding carboxylic acids is 1. The summed E-state index contributed by atoms with van der Waals surface area (Å²) < 4.78 is 43.1. The molecule has 2 aromatic carbocycles. The van der Waals surface area contributed by atoms with Crippen LogP contribution in [0.1, 0.15) is 46.8 Å². The lowest BCUT2D eigenvalue weighted by Gasteiger charge is -2.16. The van der Waals surface area contributed by atoms with Gasteiger partial charge in [-0.25, -0.2) is 0 Å². The molecule has 0 bridgehead atoms. The molecule has 25 heavy (non-hydrogen) atoms. The Hall–Kier alpha value is -2.50. The molecule has 0 fully saturated rings. The third-order valence-corrected chi connectivity index (χ3v) is 3.91. The van der Waals surface area contributed by atoms with Gasteiger partial charge >= 0.3 is 6.18 Å². The van der Waals surface area contributed by atoms with Crippen LogP contribution in [0.25, 0.3) is 0 Å². The van der Waals surface area contributed by atoms with Crippen LogP contribution in [-0.2, 0) is 6.18 Å². The Morgan fingerprint density at radius 1 is 1.12 bits per heavy atom. The quantitative estimate of drug-likeness (QED) is 0.801. The Balaban J connectivity index is 2.27. The van der Waals surface area contributed by atoms with Crippen molar-refractivity contribution < 1.29 is 22.7 Å². The number of methoxy groups -OCH3 is 1. The van der Waals surface area contributed by atoms with Crippen molar-refractivity contribution in [2.24, 2.45) is 0 Å². The molecule has 0 aliphatic carbocycles. The first-order chi connectivity index (χ1) is 11.6. The van der Waals surface area contributed by atoms with Gasteiger partial charge in [-0.1, -0.05) is 13.8 Å². The van der Waals surface area contributed by atoms with Crippen LogP contribution in [0.2, 0.25) is 0 Å². The van der Waals surface area contributed by atoms with Crippen LogP contribution in [0.5, 0.6) is 5.75 Å². The number of anilines is 1. The minimum absolute atomic E-state index is 0.160. The van der Waals surface area contributed by atoms with Crippen molar-refractivity contribution in [3.8, 4) is 5.75 Å².